The highest BCUT2D eigenvalue weighted by atomic mass is 79.9. The number of methoxy groups -OCH3 is 1. The number of phenols is 1. The number of carbonyl (C=O) groups is 10. The molecular formula is C94H89BrCl2F4N4O13S9. The van der Waals surface area contributed by atoms with Crippen LogP contribution in [0, 0.1) is 28.5 Å². The van der Waals surface area contributed by atoms with E-state index < -0.39 is 17.6 Å². The Morgan fingerprint density at radius 2 is 1.04 bits per heavy atom. The molecule has 11 aromatic rings. The number of aromatic hydroxyl groups is 1. The Labute approximate surface area is 801 Å². The van der Waals surface area contributed by atoms with E-state index in [4.69, 9.17) is 43.0 Å². The SMILES string of the molecule is CC(=O)c1ccc(CC(=O)CS)cc1.COc1cc(CCC(=O)CS)ccc1O.N#CC(CC(=O)CS)c1ccccc1.N#Cc1cc(CC(=O)CS)ccc1F.O=C(CS)CC(c1ccccc1)c1ccc(Cl)cc1.O=C(CS)Cc1cc(-c2ccc(Cl)cc2)no1.O=C(CS)Cc1ccncc1C(F)(F)F.O=C(CS)Cc1sccc1C(=O)c1ccc(Br)cc1. The molecule has 0 saturated heterocycles. The van der Waals surface area contributed by atoms with Crippen LogP contribution >= 0.6 is 151 Å². The van der Waals surface area contributed by atoms with Gasteiger partial charge < -0.3 is 14.4 Å². The van der Waals surface area contributed by atoms with Gasteiger partial charge in [-0.15, -0.1) is 11.3 Å². The van der Waals surface area contributed by atoms with Crippen LogP contribution in [0.1, 0.15) is 125 Å². The molecule has 0 amide bonds. The maximum absolute atomic E-state index is 12.9. The number of aromatic nitrogens is 2. The number of ketones is 10. The summed E-state index contributed by atoms with van der Waals surface area (Å²) in [6.07, 6.45) is 0.147. The summed E-state index contributed by atoms with van der Waals surface area (Å²) in [6.45, 7) is 1.52. The van der Waals surface area contributed by atoms with Gasteiger partial charge in [0.15, 0.2) is 23.1 Å². The highest BCUT2D eigenvalue weighted by Gasteiger charge is 2.34. The lowest BCUT2D eigenvalue weighted by Crippen LogP contribution is -2.13. The predicted octanol–water partition coefficient (Wildman–Crippen LogP) is 21.0. The maximum atomic E-state index is 12.9. The molecule has 0 aliphatic carbocycles. The number of pyridine rings is 1. The molecule has 0 saturated carbocycles. The number of Topliss-reactive ketones (excluding diaryl/α,β-unsaturated/α-hetero) is 9. The number of benzene rings is 8. The van der Waals surface area contributed by atoms with E-state index in [0.29, 0.717) is 75.2 Å². The van der Waals surface area contributed by atoms with Gasteiger partial charge >= 0.3 is 6.18 Å². The van der Waals surface area contributed by atoms with Crippen molar-refractivity contribution in [3.05, 3.63) is 328 Å². The van der Waals surface area contributed by atoms with Crippen LogP contribution < -0.4 is 4.74 Å². The molecule has 1 N–H and O–H groups in total. The molecule has 0 aliphatic heterocycles. The van der Waals surface area contributed by atoms with Gasteiger partial charge in [0.05, 0.1) is 36.6 Å². The second-order valence-corrected chi connectivity index (χ2v) is 32.3. The number of rotatable bonds is 33. The number of thiophene rings is 1. The number of carbonyl (C=O) groups excluding carboxylic acids is 10. The summed E-state index contributed by atoms with van der Waals surface area (Å²) in [6, 6.07) is 66.4. The maximum Gasteiger partial charge on any atom is 0.418 e. The number of ether oxygens (including phenoxy) is 1. The van der Waals surface area contributed by atoms with E-state index in [1.54, 1.807) is 84.9 Å². The van der Waals surface area contributed by atoms with Crippen LogP contribution in [0.2, 0.25) is 10.0 Å². The first-order valence-corrected chi connectivity index (χ1v) is 45.7. The van der Waals surface area contributed by atoms with Crippen LogP contribution in [-0.4, -0.2) is 126 Å². The molecule has 0 aliphatic rings. The molecule has 17 nitrogen and oxygen atoms in total. The summed E-state index contributed by atoms with van der Waals surface area (Å²) in [5.74, 6) is 1.73. The fourth-order valence-electron chi connectivity index (χ4n) is 10.9. The Hall–Kier alpha value is -9.32. The summed E-state index contributed by atoms with van der Waals surface area (Å²) in [7, 11) is 1.50. The first-order chi connectivity index (χ1) is 60.7. The van der Waals surface area contributed by atoms with Crippen molar-refractivity contribution in [2.24, 2.45) is 0 Å². The summed E-state index contributed by atoms with van der Waals surface area (Å²) < 4.78 is 61.1. The molecule has 11 rings (SSSR count). The molecule has 0 radical (unpaired) electrons. The Morgan fingerprint density at radius 3 is 1.57 bits per heavy atom. The summed E-state index contributed by atoms with van der Waals surface area (Å²) in [5.41, 5.74) is 8.24. The van der Waals surface area contributed by atoms with Crippen molar-refractivity contribution in [2.75, 3.05) is 53.1 Å². The summed E-state index contributed by atoms with van der Waals surface area (Å²) in [5, 5.41) is 33.9. The fraction of sp³-hybridized carbons (Fsp3) is 0.234. The minimum atomic E-state index is -4.47. The molecule has 2 unspecified atom stereocenters. The zero-order chi connectivity index (χ0) is 94.0. The van der Waals surface area contributed by atoms with Crippen LogP contribution in [0.5, 0.6) is 11.5 Å². The van der Waals surface area contributed by atoms with Crippen LogP contribution in [0.4, 0.5) is 17.6 Å². The lowest BCUT2D eigenvalue weighted by Gasteiger charge is -2.17. The first-order valence-electron chi connectivity index (χ1n) is 38.2. The summed E-state index contributed by atoms with van der Waals surface area (Å²) >= 11 is 47.6. The molecule has 3 heterocycles. The molecule has 3 aromatic heterocycles. The molecule has 0 bridgehead atoms. The lowest BCUT2D eigenvalue weighted by atomic mass is 9.87. The number of alkyl halides is 3. The van der Waals surface area contributed by atoms with Gasteiger partial charge in [0.1, 0.15) is 69.6 Å². The van der Waals surface area contributed by atoms with Crippen LogP contribution in [0.3, 0.4) is 0 Å². The third-order valence-electron chi connectivity index (χ3n) is 17.5. The van der Waals surface area contributed by atoms with Gasteiger partial charge in [-0.05, 0) is 143 Å². The van der Waals surface area contributed by atoms with Gasteiger partial charge in [-0.2, -0.15) is 125 Å². The molecule has 666 valence electrons. The van der Waals surface area contributed by atoms with E-state index in [1.807, 2.05) is 115 Å². The van der Waals surface area contributed by atoms with Crippen LogP contribution in [0.25, 0.3) is 11.3 Å². The third-order valence-corrected chi connectivity index (χ3v) is 22.3. The Morgan fingerprint density at radius 1 is 0.543 bits per heavy atom. The molecular weight excluding hydrogens is 1910 g/mol. The third kappa shape index (κ3) is 41.8. The zero-order valence-electron chi connectivity index (χ0n) is 68.4. The number of hydrogen-bond donors (Lipinski definition) is 9. The van der Waals surface area contributed by atoms with Gasteiger partial charge in [0, 0.05) is 157 Å². The minimum absolute atomic E-state index is 0.00346. The normalized spacial score (nSPS) is 10.7. The minimum Gasteiger partial charge on any atom is -0.504 e. The van der Waals surface area contributed by atoms with Gasteiger partial charge in [-0.3, -0.25) is 52.9 Å². The van der Waals surface area contributed by atoms with E-state index in [0.717, 1.165) is 48.9 Å². The van der Waals surface area contributed by atoms with E-state index in [2.05, 4.69) is 133 Å². The van der Waals surface area contributed by atoms with Gasteiger partial charge in [0.2, 0.25) is 0 Å². The average molecular weight is 2000 g/mol. The van der Waals surface area contributed by atoms with Crippen molar-refractivity contribution in [3.63, 3.8) is 0 Å². The highest BCUT2D eigenvalue weighted by Crippen LogP contribution is 2.34. The van der Waals surface area contributed by atoms with Crippen molar-refractivity contribution >= 4 is 209 Å². The van der Waals surface area contributed by atoms with Crippen LogP contribution in [-0.2, 0) is 83.1 Å². The number of nitriles is 2. The predicted molar refractivity (Wildman–Crippen MR) is 522 cm³/mol. The second-order valence-electron chi connectivity index (χ2n) is 27.0. The van der Waals surface area contributed by atoms with Gasteiger partial charge in [-0.25, -0.2) is 4.39 Å². The lowest BCUT2D eigenvalue weighted by molar-refractivity contribution is -0.138. The average Bonchev–Trinajstić information content (AvgIpc) is 1.83. The smallest absolute Gasteiger partial charge is 0.418 e. The first kappa shape index (κ1) is 110. The fourth-order valence-corrected chi connectivity index (χ4v) is 13.3. The largest absolute Gasteiger partial charge is 0.504 e. The van der Waals surface area contributed by atoms with Gasteiger partial charge in [0.25, 0.3) is 0 Å². The molecule has 0 spiro atoms. The molecule has 8 aromatic carbocycles. The van der Waals surface area contributed by atoms with Crippen molar-refractivity contribution in [1.29, 1.82) is 10.5 Å². The Balaban J connectivity index is 0.000000305. The zero-order valence-corrected chi connectivity index (χ0v) is 79.5. The number of phenolic OH excluding ortho intramolecular Hbond substituents is 1. The quantitative estimate of drug-likeness (QED) is 0.0105. The van der Waals surface area contributed by atoms with Crippen molar-refractivity contribution in [3.8, 4) is 34.9 Å². The van der Waals surface area contributed by atoms with E-state index in [1.165, 1.54) is 55.8 Å². The number of nitrogens with zero attached hydrogens (tertiary/aromatic N) is 4. The number of halogens is 7. The number of thiol groups is 8. The van der Waals surface area contributed by atoms with E-state index >= 15 is 0 Å². The van der Waals surface area contributed by atoms with Crippen molar-refractivity contribution < 1.29 is 79.9 Å². The Bertz CT molecular complexity index is 5480. The van der Waals surface area contributed by atoms with Crippen molar-refractivity contribution in [2.45, 2.75) is 82.7 Å². The monoisotopic (exact) mass is 1990 g/mol. The number of hydrogen-bond acceptors (Lipinski definition) is 26. The topological polar surface area (TPSA) is 287 Å². The molecule has 2 atom stereocenters. The highest BCUT2D eigenvalue weighted by molar-refractivity contribution is 9.10. The number of aryl methyl sites for hydroxylation is 1. The second kappa shape index (κ2) is 60.5. The summed E-state index contributed by atoms with van der Waals surface area (Å²) in [4.78, 5) is 117. The van der Waals surface area contributed by atoms with E-state index in [9.17, 15) is 70.6 Å². The van der Waals surface area contributed by atoms with E-state index in [-0.39, 0.29) is 165 Å². The Kier molecular flexibility index (Phi) is 52.4. The van der Waals surface area contributed by atoms with Crippen molar-refractivity contribution in [1.82, 2.24) is 10.1 Å². The molecule has 127 heavy (non-hydrogen) atoms. The molecule has 0 fully saturated rings. The standard InChI is InChI=1S/C16H15ClOS.C14H11BrO2S2.C12H10ClNO2S.C11H11NOS.C11H14O3S.C11H12O2S.C10H8FNOS.C9H8F3NOS/c17-14-8-6-13(7-9-14)16(10-15(18)11-19)12-4-2-1-3-5-12;15-10-3-1-9(2-4-10)14(17)12-5-6-19-13(12)7-11(16)8-18;13-9-3-1-8(2-4-9)12-6-11(16-14-12)5-10(15)7-17;12-7-10(6-11(13)8-14)9-4-2-1-3-5-9;1-14-11-6-8(3-5-10(11)13)2-4-9(12)7-15;1-8(12)10-4-2-9(3-5-10)6-11(13)7-14;11-10-2-1-7(3-8(10)5-12)4-9(13)6-14;10-9(11,12)8-4-13-2-1-6(8)3-7(14)5-15/h1-9,16,19H,10-11H2;1-6,18H,7-8H2;1-4,6,17H,5,7H2;1-5,10,14H,6,8H2;3,5-6,13,15H,2,4,7H2,1H3;2-5,14H,6-7H2,1H3;1-3,14H,4,6H2;1-2,4,15H,3,5H2. The molecule has 33 heteroatoms. The van der Waals surface area contributed by atoms with Crippen LogP contribution in [0.15, 0.2) is 239 Å². The van der Waals surface area contributed by atoms with Gasteiger partial charge in [-0.1, -0.05) is 166 Å².